The number of aliphatic hydroxyl groups excluding tert-OH is 1. The third-order valence-corrected chi connectivity index (χ3v) is 3.07. The molecule has 0 spiro atoms. The molecule has 1 aliphatic rings. The van der Waals surface area contributed by atoms with Gasteiger partial charge in [0.2, 0.25) is 0 Å². The molecule has 94 valence electrons. The normalized spacial score (nSPS) is 15.4. The lowest BCUT2D eigenvalue weighted by Gasteiger charge is -2.21. The lowest BCUT2D eigenvalue weighted by molar-refractivity contribution is 0.304. The van der Waals surface area contributed by atoms with Crippen LogP contribution in [-0.4, -0.2) is 48.4 Å². The third kappa shape index (κ3) is 2.85. The molecule has 0 aliphatic carbocycles. The van der Waals surface area contributed by atoms with Gasteiger partial charge in [-0.3, -0.25) is 0 Å². The molecule has 0 amide bonds. The fourth-order valence-electron chi connectivity index (χ4n) is 2.10. The van der Waals surface area contributed by atoms with E-state index >= 15 is 0 Å². The molecule has 17 heavy (non-hydrogen) atoms. The minimum atomic E-state index is 0.137. The van der Waals surface area contributed by atoms with Crippen LogP contribution in [0.2, 0.25) is 0 Å². The molecule has 1 aromatic rings. The highest BCUT2D eigenvalue weighted by Crippen LogP contribution is 2.21. The van der Waals surface area contributed by atoms with Crippen LogP contribution in [0, 0.1) is 6.92 Å². The molecule has 0 unspecified atom stereocenters. The Bertz CT molecular complexity index is 377. The summed E-state index contributed by atoms with van der Waals surface area (Å²) in [6.45, 7) is 4.81. The first kappa shape index (κ1) is 12.1. The van der Waals surface area contributed by atoms with E-state index in [1.54, 1.807) is 0 Å². The van der Waals surface area contributed by atoms with Crippen molar-refractivity contribution in [2.45, 2.75) is 19.8 Å². The molecule has 1 saturated heterocycles. The Hall–Kier alpha value is -1.36. The van der Waals surface area contributed by atoms with E-state index in [4.69, 9.17) is 5.11 Å². The second kappa shape index (κ2) is 5.31. The summed E-state index contributed by atoms with van der Waals surface area (Å²) in [6.07, 6.45) is 2.48. The zero-order valence-electron chi connectivity index (χ0n) is 10.6. The molecule has 2 rings (SSSR count). The number of anilines is 2. The zero-order valence-corrected chi connectivity index (χ0v) is 10.6. The van der Waals surface area contributed by atoms with Crippen LogP contribution in [0.3, 0.4) is 0 Å². The van der Waals surface area contributed by atoms with Gasteiger partial charge in [0.1, 0.15) is 17.5 Å². The number of hydrogen-bond donors (Lipinski definition) is 1. The van der Waals surface area contributed by atoms with Crippen molar-refractivity contribution in [3.8, 4) is 0 Å². The molecule has 1 fully saturated rings. The van der Waals surface area contributed by atoms with Crippen molar-refractivity contribution in [1.82, 2.24) is 9.97 Å². The fraction of sp³-hybridized carbons (Fsp3) is 0.667. The van der Waals surface area contributed by atoms with Gasteiger partial charge < -0.3 is 14.9 Å². The van der Waals surface area contributed by atoms with Gasteiger partial charge >= 0.3 is 0 Å². The number of nitrogens with zero attached hydrogens (tertiary/aromatic N) is 4. The lowest BCUT2D eigenvalue weighted by Crippen LogP contribution is -2.25. The first-order valence-corrected chi connectivity index (χ1v) is 6.13. The Labute approximate surface area is 102 Å². The average molecular weight is 236 g/mol. The quantitative estimate of drug-likeness (QED) is 0.838. The summed E-state index contributed by atoms with van der Waals surface area (Å²) in [7, 11) is 1.94. The second-order valence-corrected chi connectivity index (χ2v) is 4.47. The van der Waals surface area contributed by atoms with Crippen LogP contribution in [0.25, 0.3) is 0 Å². The van der Waals surface area contributed by atoms with Gasteiger partial charge in [-0.25, -0.2) is 9.97 Å². The van der Waals surface area contributed by atoms with Gasteiger partial charge in [-0.1, -0.05) is 0 Å². The first-order valence-electron chi connectivity index (χ1n) is 6.13. The van der Waals surface area contributed by atoms with E-state index < -0.39 is 0 Å². The lowest BCUT2D eigenvalue weighted by atomic mass is 10.4. The van der Waals surface area contributed by atoms with Crippen LogP contribution in [0.15, 0.2) is 6.07 Å². The SMILES string of the molecule is Cc1nc(N(C)CCO)cc(N2CCCC2)n1. The Balaban J connectivity index is 2.22. The summed E-state index contributed by atoms with van der Waals surface area (Å²) in [4.78, 5) is 13.1. The molecule has 0 saturated carbocycles. The topological polar surface area (TPSA) is 52.5 Å². The monoisotopic (exact) mass is 236 g/mol. The predicted molar refractivity (Wildman–Crippen MR) is 68.6 cm³/mol. The standard InChI is InChI=1S/C12H20N4O/c1-10-13-11(15(2)7-8-17)9-12(14-10)16-5-3-4-6-16/h9,17H,3-8H2,1-2H3. The van der Waals surface area contributed by atoms with Crippen molar-refractivity contribution in [2.75, 3.05) is 43.1 Å². The number of rotatable bonds is 4. The summed E-state index contributed by atoms with van der Waals surface area (Å²) in [5.41, 5.74) is 0. The molecule has 0 radical (unpaired) electrons. The van der Waals surface area contributed by atoms with Crippen LogP contribution in [0.5, 0.6) is 0 Å². The van der Waals surface area contributed by atoms with Gasteiger partial charge in [0.15, 0.2) is 0 Å². The van der Waals surface area contributed by atoms with Crippen LogP contribution < -0.4 is 9.80 Å². The summed E-state index contributed by atoms with van der Waals surface area (Å²) < 4.78 is 0. The smallest absolute Gasteiger partial charge is 0.134 e. The van der Waals surface area contributed by atoms with Crippen molar-refractivity contribution in [3.05, 3.63) is 11.9 Å². The molecule has 5 heteroatoms. The maximum Gasteiger partial charge on any atom is 0.134 e. The molecular weight excluding hydrogens is 216 g/mol. The fourth-order valence-corrected chi connectivity index (χ4v) is 2.10. The van der Waals surface area contributed by atoms with Crippen molar-refractivity contribution in [1.29, 1.82) is 0 Å². The summed E-state index contributed by atoms with van der Waals surface area (Å²) in [6, 6.07) is 2.01. The predicted octanol–water partition coefficient (Wildman–Crippen LogP) is 0.814. The Morgan fingerprint density at radius 2 is 2.06 bits per heavy atom. The largest absolute Gasteiger partial charge is 0.395 e. The highest BCUT2D eigenvalue weighted by atomic mass is 16.3. The molecule has 2 heterocycles. The molecule has 0 atom stereocenters. The van der Waals surface area contributed by atoms with Gasteiger partial charge in [0.25, 0.3) is 0 Å². The molecule has 0 aromatic carbocycles. The highest BCUT2D eigenvalue weighted by molar-refractivity contribution is 5.51. The van der Waals surface area contributed by atoms with Gasteiger partial charge in [0, 0.05) is 32.7 Å². The van der Waals surface area contributed by atoms with Crippen LogP contribution in [0.1, 0.15) is 18.7 Å². The van der Waals surface area contributed by atoms with E-state index in [0.29, 0.717) is 6.54 Å². The molecule has 1 N–H and O–H groups in total. The summed E-state index contributed by atoms with van der Waals surface area (Å²) in [5.74, 6) is 2.68. The van der Waals surface area contributed by atoms with Crippen molar-refractivity contribution in [2.24, 2.45) is 0 Å². The van der Waals surface area contributed by atoms with Crippen LogP contribution in [-0.2, 0) is 0 Å². The van der Waals surface area contributed by atoms with E-state index in [0.717, 1.165) is 30.5 Å². The van der Waals surface area contributed by atoms with Gasteiger partial charge in [0.05, 0.1) is 6.61 Å². The van der Waals surface area contributed by atoms with Gasteiger partial charge in [-0.2, -0.15) is 0 Å². The van der Waals surface area contributed by atoms with E-state index in [-0.39, 0.29) is 6.61 Å². The van der Waals surface area contributed by atoms with E-state index in [1.807, 2.05) is 24.9 Å². The molecule has 0 bridgehead atoms. The number of likely N-dealkylation sites (N-methyl/N-ethyl adjacent to an activating group) is 1. The first-order chi connectivity index (χ1) is 8.20. The summed E-state index contributed by atoms with van der Waals surface area (Å²) >= 11 is 0. The van der Waals surface area contributed by atoms with E-state index in [2.05, 4.69) is 14.9 Å². The maximum atomic E-state index is 8.95. The summed E-state index contributed by atoms with van der Waals surface area (Å²) in [5, 5.41) is 8.95. The number of aryl methyl sites for hydroxylation is 1. The second-order valence-electron chi connectivity index (χ2n) is 4.47. The zero-order chi connectivity index (χ0) is 12.3. The van der Waals surface area contributed by atoms with E-state index in [1.165, 1.54) is 12.8 Å². The van der Waals surface area contributed by atoms with Crippen molar-refractivity contribution >= 4 is 11.6 Å². The van der Waals surface area contributed by atoms with Crippen molar-refractivity contribution < 1.29 is 5.11 Å². The van der Waals surface area contributed by atoms with Crippen LogP contribution >= 0.6 is 0 Å². The molecule has 1 aromatic heterocycles. The number of hydrogen-bond acceptors (Lipinski definition) is 5. The van der Waals surface area contributed by atoms with E-state index in [9.17, 15) is 0 Å². The Morgan fingerprint density at radius 3 is 2.71 bits per heavy atom. The Kier molecular flexibility index (Phi) is 3.78. The molecule has 5 nitrogen and oxygen atoms in total. The number of aromatic nitrogens is 2. The Morgan fingerprint density at radius 1 is 1.35 bits per heavy atom. The van der Waals surface area contributed by atoms with Gasteiger partial charge in [-0.15, -0.1) is 0 Å². The third-order valence-electron chi connectivity index (χ3n) is 3.07. The number of aliphatic hydroxyl groups is 1. The van der Waals surface area contributed by atoms with Crippen LogP contribution in [0.4, 0.5) is 11.6 Å². The maximum absolute atomic E-state index is 8.95. The van der Waals surface area contributed by atoms with Gasteiger partial charge in [-0.05, 0) is 19.8 Å². The highest BCUT2D eigenvalue weighted by Gasteiger charge is 2.15. The molecular formula is C12H20N4O. The molecule has 1 aliphatic heterocycles. The van der Waals surface area contributed by atoms with Crippen molar-refractivity contribution in [3.63, 3.8) is 0 Å². The minimum Gasteiger partial charge on any atom is -0.395 e. The minimum absolute atomic E-state index is 0.137. The average Bonchev–Trinajstić information content (AvgIpc) is 2.82.